The Balaban J connectivity index is 1.95. The van der Waals surface area contributed by atoms with Gasteiger partial charge >= 0.3 is 0 Å². The van der Waals surface area contributed by atoms with Gasteiger partial charge in [0.05, 0.1) is 5.69 Å². The molecule has 20 heavy (non-hydrogen) atoms. The van der Waals surface area contributed by atoms with Crippen LogP contribution in [0.3, 0.4) is 0 Å². The van der Waals surface area contributed by atoms with Crippen LogP contribution < -0.4 is 15.2 Å². The van der Waals surface area contributed by atoms with Crippen LogP contribution in [0.5, 0.6) is 5.75 Å². The first-order chi connectivity index (χ1) is 9.44. The summed E-state index contributed by atoms with van der Waals surface area (Å²) < 4.78 is 31.2. The van der Waals surface area contributed by atoms with Gasteiger partial charge < -0.3 is 15.4 Å². The molecule has 0 bridgehead atoms. The van der Waals surface area contributed by atoms with Gasteiger partial charge in [0, 0.05) is 18.7 Å². The molecule has 0 atom stereocenters. The Labute approximate surface area is 120 Å². The van der Waals surface area contributed by atoms with Crippen molar-refractivity contribution in [1.82, 2.24) is 9.62 Å². The maximum atomic E-state index is 11.7. The predicted octanol–water partition coefficient (Wildman–Crippen LogP) is 0.650. The van der Waals surface area contributed by atoms with E-state index in [-0.39, 0.29) is 10.6 Å². The second kappa shape index (κ2) is 5.99. The number of nitrogen functional groups attached to an aromatic ring is 1. The fourth-order valence-corrected chi connectivity index (χ4v) is 2.81. The number of rotatable bonds is 7. The molecule has 0 radical (unpaired) electrons. The third kappa shape index (κ3) is 3.62. The number of nitrogens with one attached hydrogen (secondary N) is 1. The number of hydrogen-bond acceptors (Lipinski definition) is 5. The van der Waals surface area contributed by atoms with Crippen LogP contribution in [0.15, 0.2) is 23.1 Å². The van der Waals surface area contributed by atoms with E-state index >= 15 is 0 Å². The smallest absolute Gasteiger partial charge is 0.242 e. The summed E-state index contributed by atoms with van der Waals surface area (Å²) in [6, 6.07) is 5.33. The van der Waals surface area contributed by atoms with Crippen molar-refractivity contribution in [3.05, 3.63) is 18.2 Å². The summed E-state index contributed by atoms with van der Waals surface area (Å²) >= 11 is 0. The third-order valence-corrected chi connectivity index (χ3v) is 4.91. The Morgan fingerprint density at radius 2 is 2.15 bits per heavy atom. The van der Waals surface area contributed by atoms with Gasteiger partial charge in [0.15, 0.2) is 0 Å². The monoisotopic (exact) mass is 299 g/mol. The first-order valence-electron chi connectivity index (χ1n) is 6.60. The fourth-order valence-electron chi connectivity index (χ4n) is 1.98. The van der Waals surface area contributed by atoms with Gasteiger partial charge in [0.2, 0.25) is 10.0 Å². The SMILES string of the molecule is CNS(=O)(=O)c1ccc(OCCN(C)C2CC2)cc1N. The number of ether oxygens (including phenoxy) is 1. The molecule has 1 aromatic carbocycles. The van der Waals surface area contributed by atoms with Crippen LogP contribution in [0.25, 0.3) is 0 Å². The van der Waals surface area contributed by atoms with Gasteiger partial charge in [-0.2, -0.15) is 0 Å². The summed E-state index contributed by atoms with van der Waals surface area (Å²) in [7, 11) is -0.0859. The molecule has 6 nitrogen and oxygen atoms in total. The molecular weight excluding hydrogens is 278 g/mol. The minimum Gasteiger partial charge on any atom is -0.492 e. The Hall–Kier alpha value is -1.31. The number of likely N-dealkylation sites (N-methyl/N-ethyl adjacent to an activating group) is 1. The summed E-state index contributed by atoms with van der Waals surface area (Å²) in [6.07, 6.45) is 2.53. The lowest BCUT2D eigenvalue weighted by atomic mass is 10.3. The lowest BCUT2D eigenvalue weighted by Gasteiger charge is -2.16. The van der Waals surface area contributed by atoms with E-state index in [0.717, 1.165) is 6.54 Å². The molecule has 1 saturated carbocycles. The number of benzene rings is 1. The molecule has 1 aromatic rings. The van der Waals surface area contributed by atoms with Crippen molar-refractivity contribution in [2.24, 2.45) is 0 Å². The number of nitrogens with two attached hydrogens (primary N) is 1. The van der Waals surface area contributed by atoms with Crippen molar-refractivity contribution in [2.75, 3.05) is 33.0 Å². The Morgan fingerprint density at radius 1 is 1.45 bits per heavy atom. The maximum absolute atomic E-state index is 11.7. The van der Waals surface area contributed by atoms with Gasteiger partial charge in [0.25, 0.3) is 0 Å². The largest absolute Gasteiger partial charge is 0.492 e. The van der Waals surface area contributed by atoms with Crippen LogP contribution in [-0.4, -0.2) is 46.6 Å². The van der Waals surface area contributed by atoms with Crippen LogP contribution in [0, 0.1) is 0 Å². The summed E-state index contributed by atoms with van der Waals surface area (Å²) in [4.78, 5) is 2.34. The summed E-state index contributed by atoms with van der Waals surface area (Å²) in [5, 5.41) is 0. The Bertz CT molecular complexity index is 570. The van der Waals surface area contributed by atoms with E-state index in [9.17, 15) is 8.42 Å². The van der Waals surface area contributed by atoms with Gasteiger partial charge in [-0.25, -0.2) is 13.1 Å². The zero-order valence-corrected chi connectivity index (χ0v) is 12.6. The van der Waals surface area contributed by atoms with E-state index < -0.39 is 10.0 Å². The molecule has 7 heteroatoms. The topological polar surface area (TPSA) is 84.7 Å². The maximum Gasteiger partial charge on any atom is 0.242 e. The van der Waals surface area contributed by atoms with E-state index in [1.165, 1.54) is 26.0 Å². The van der Waals surface area contributed by atoms with E-state index in [0.29, 0.717) is 18.4 Å². The first kappa shape index (κ1) is 15.1. The number of nitrogens with zero attached hydrogens (tertiary/aromatic N) is 1. The molecule has 0 saturated heterocycles. The fraction of sp³-hybridized carbons (Fsp3) is 0.538. The molecule has 0 spiro atoms. The van der Waals surface area contributed by atoms with Crippen LogP contribution in [-0.2, 0) is 10.0 Å². The van der Waals surface area contributed by atoms with Crippen LogP contribution in [0.4, 0.5) is 5.69 Å². The van der Waals surface area contributed by atoms with E-state index in [4.69, 9.17) is 10.5 Å². The molecular formula is C13H21N3O3S. The van der Waals surface area contributed by atoms with Crippen molar-refractivity contribution in [2.45, 2.75) is 23.8 Å². The summed E-state index contributed by atoms with van der Waals surface area (Å²) in [5.41, 5.74) is 5.95. The van der Waals surface area contributed by atoms with Crippen molar-refractivity contribution >= 4 is 15.7 Å². The number of anilines is 1. The zero-order chi connectivity index (χ0) is 14.8. The zero-order valence-electron chi connectivity index (χ0n) is 11.8. The lowest BCUT2D eigenvalue weighted by molar-refractivity contribution is 0.232. The number of hydrogen-bond donors (Lipinski definition) is 2. The summed E-state index contributed by atoms with van der Waals surface area (Å²) in [6.45, 7) is 1.41. The highest BCUT2D eigenvalue weighted by atomic mass is 32.2. The first-order valence-corrected chi connectivity index (χ1v) is 8.08. The second-order valence-corrected chi connectivity index (χ2v) is 6.82. The van der Waals surface area contributed by atoms with Crippen molar-refractivity contribution in [1.29, 1.82) is 0 Å². The standard InChI is InChI=1S/C13H21N3O3S/c1-15-20(17,18)13-6-5-11(9-12(13)14)19-8-7-16(2)10-3-4-10/h5-6,9-10,15H,3-4,7-8,14H2,1-2H3. The van der Waals surface area contributed by atoms with Gasteiger partial charge in [-0.05, 0) is 39.1 Å². The molecule has 0 unspecified atom stereocenters. The Morgan fingerprint density at radius 3 is 2.70 bits per heavy atom. The average molecular weight is 299 g/mol. The normalized spacial score (nSPS) is 15.6. The van der Waals surface area contributed by atoms with E-state index in [1.54, 1.807) is 12.1 Å². The van der Waals surface area contributed by atoms with Crippen LogP contribution >= 0.6 is 0 Å². The number of sulfonamides is 1. The molecule has 1 aliphatic rings. The quantitative estimate of drug-likeness (QED) is 0.722. The third-order valence-electron chi connectivity index (χ3n) is 3.42. The van der Waals surface area contributed by atoms with Crippen molar-refractivity contribution in [3.63, 3.8) is 0 Å². The second-order valence-electron chi connectivity index (χ2n) is 4.97. The molecule has 112 valence electrons. The minimum absolute atomic E-state index is 0.0717. The highest BCUT2D eigenvalue weighted by molar-refractivity contribution is 7.89. The van der Waals surface area contributed by atoms with Crippen LogP contribution in [0.1, 0.15) is 12.8 Å². The molecule has 0 aromatic heterocycles. The molecule has 1 aliphatic carbocycles. The molecule has 0 heterocycles. The van der Waals surface area contributed by atoms with Gasteiger partial charge in [-0.1, -0.05) is 0 Å². The van der Waals surface area contributed by atoms with Gasteiger partial charge in [-0.15, -0.1) is 0 Å². The Kier molecular flexibility index (Phi) is 4.52. The van der Waals surface area contributed by atoms with Crippen molar-refractivity contribution in [3.8, 4) is 5.75 Å². The van der Waals surface area contributed by atoms with Gasteiger partial charge in [-0.3, -0.25) is 0 Å². The molecule has 1 fully saturated rings. The summed E-state index contributed by atoms with van der Waals surface area (Å²) in [5.74, 6) is 0.585. The molecule has 2 rings (SSSR count). The highest BCUT2D eigenvalue weighted by Crippen LogP contribution is 2.26. The lowest BCUT2D eigenvalue weighted by Crippen LogP contribution is -2.26. The van der Waals surface area contributed by atoms with Crippen molar-refractivity contribution < 1.29 is 13.2 Å². The molecule has 3 N–H and O–H groups in total. The molecule has 0 aliphatic heterocycles. The molecule has 0 amide bonds. The van der Waals surface area contributed by atoms with Crippen LogP contribution in [0.2, 0.25) is 0 Å². The van der Waals surface area contributed by atoms with E-state index in [1.807, 2.05) is 0 Å². The average Bonchev–Trinajstić information content (AvgIpc) is 3.22. The van der Waals surface area contributed by atoms with Gasteiger partial charge in [0.1, 0.15) is 17.3 Å². The van der Waals surface area contributed by atoms with E-state index in [2.05, 4.69) is 16.7 Å². The minimum atomic E-state index is -3.52. The highest BCUT2D eigenvalue weighted by Gasteiger charge is 2.25. The predicted molar refractivity (Wildman–Crippen MR) is 78.2 cm³/mol.